The SMILES string of the molecule is O=C(O)CC/C=C\[C@H](Cc1ccccc1)NC(=O)OCc1ccccc1. The van der Waals surface area contributed by atoms with Crippen molar-refractivity contribution in [3.8, 4) is 0 Å². The van der Waals surface area contributed by atoms with Crippen LogP contribution in [-0.2, 0) is 22.6 Å². The number of carbonyl (C=O) groups excluding carboxylic acids is 1. The summed E-state index contributed by atoms with van der Waals surface area (Å²) in [5.41, 5.74) is 1.99. The maximum absolute atomic E-state index is 12.1. The molecule has 0 aliphatic heterocycles. The minimum absolute atomic E-state index is 0.0625. The fraction of sp³-hybridized carbons (Fsp3) is 0.238. The number of allylic oxidation sites excluding steroid dienone is 1. The van der Waals surface area contributed by atoms with E-state index in [1.54, 1.807) is 6.08 Å². The van der Waals surface area contributed by atoms with Gasteiger partial charge >= 0.3 is 12.1 Å². The molecule has 136 valence electrons. The van der Waals surface area contributed by atoms with E-state index >= 15 is 0 Å². The Labute approximate surface area is 153 Å². The van der Waals surface area contributed by atoms with Crippen molar-refractivity contribution in [1.82, 2.24) is 5.32 Å². The molecule has 2 aromatic carbocycles. The number of rotatable bonds is 9. The van der Waals surface area contributed by atoms with Crippen LogP contribution in [-0.4, -0.2) is 23.2 Å². The lowest BCUT2D eigenvalue weighted by Crippen LogP contribution is -2.35. The van der Waals surface area contributed by atoms with Gasteiger partial charge in [-0.15, -0.1) is 0 Å². The Morgan fingerprint density at radius 3 is 2.23 bits per heavy atom. The lowest BCUT2D eigenvalue weighted by Gasteiger charge is -2.15. The van der Waals surface area contributed by atoms with Crippen molar-refractivity contribution in [2.45, 2.75) is 31.9 Å². The zero-order chi connectivity index (χ0) is 18.6. The third-order valence-electron chi connectivity index (χ3n) is 3.71. The first kappa shape index (κ1) is 19.2. The Balaban J connectivity index is 1.91. The molecular weight excluding hydrogens is 330 g/mol. The number of amides is 1. The van der Waals surface area contributed by atoms with Crippen molar-refractivity contribution in [2.75, 3.05) is 0 Å². The number of carbonyl (C=O) groups is 2. The molecule has 0 aliphatic rings. The van der Waals surface area contributed by atoms with Crippen LogP contribution in [0.15, 0.2) is 72.8 Å². The van der Waals surface area contributed by atoms with Gasteiger partial charge < -0.3 is 15.2 Å². The maximum atomic E-state index is 12.1. The third kappa shape index (κ3) is 7.66. The van der Waals surface area contributed by atoms with Crippen LogP contribution in [0.2, 0.25) is 0 Å². The summed E-state index contributed by atoms with van der Waals surface area (Å²) in [6, 6.07) is 19.0. The van der Waals surface area contributed by atoms with Gasteiger partial charge in [-0.05, 0) is 24.0 Å². The molecule has 2 rings (SSSR count). The predicted molar refractivity (Wildman–Crippen MR) is 99.7 cm³/mol. The summed E-state index contributed by atoms with van der Waals surface area (Å²) < 4.78 is 5.26. The number of carboxylic acids is 1. The highest BCUT2D eigenvalue weighted by Gasteiger charge is 2.11. The van der Waals surface area contributed by atoms with E-state index in [0.717, 1.165) is 11.1 Å². The minimum atomic E-state index is -0.843. The van der Waals surface area contributed by atoms with Crippen molar-refractivity contribution in [1.29, 1.82) is 0 Å². The average molecular weight is 353 g/mol. The molecule has 0 bridgehead atoms. The van der Waals surface area contributed by atoms with E-state index in [0.29, 0.717) is 12.8 Å². The van der Waals surface area contributed by atoms with E-state index in [2.05, 4.69) is 5.32 Å². The van der Waals surface area contributed by atoms with Gasteiger partial charge in [0.2, 0.25) is 0 Å². The number of benzene rings is 2. The second kappa shape index (κ2) is 10.7. The van der Waals surface area contributed by atoms with E-state index in [9.17, 15) is 9.59 Å². The summed E-state index contributed by atoms with van der Waals surface area (Å²) in [5.74, 6) is -0.843. The predicted octanol–water partition coefficient (Wildman–Crippen LogP) is 3.95. The summed E-state index contributed by atoms with van der Waals surface area (Å²) >= 11 is 0. The molecule has 2 aromatic rings. The Morgan fingerprint density at radius 2 is 1.62 bits per heavy atom. The van der Waals surface area contributed by atoms with Crippen LogP contribution in [0.4, 0.5) is 4.79 Å². The maximum Gasteiger partial charge on any atom is 0.407 e. The lowest BCUT2D eigenvalue weighted by atomic mass is 10.1. The average Bonchev–Trinajstić information content (AvgIpc) is 2.65. The second-order valence-corrected chi connectivity index (χ2v) is 5.86. The van der Waals surface area contributed by atoms with Crippen molar-refractivity contribution in [3.05, 3.63) is 83.9 Å². The highest BCUT2D eigenvalue weighted by Crippen LogP contribution is 2.07. The van der Waals surface area contributed by atoms with Gasteiger partial charge in [0.15, 0.2) is 0 Å². The van der Waals surface area contributed by atoms with Crippen LogP contribution in [0, 0.1) is 0 Å². The fourth-order valence-electron chi connectivity index (χ4n) is 2.42. The van der Waals surface area contributed by atoms with Gasteiger partial charge in [-0.2, -0.15) is 0 Å². The fourth-order valence-corrected chi connectivity index (χ4v) is 2.42. The van der Waals surface area contributed by atoms with Gasteiger partial charge in [-0.1, -0.05) is 72.8 Å². The number of ether oxygens (including phenoxy) is 1. The van der Waals surface area contributed by atoms with Crippen LogP contribution >= 0.6 is 0 Å². The molecule has 2 N–H and O–H groups in total. The van der Waals surface area contributed by atoms with Crippen molar-refractivity contribution < 1.29 is 19.4 Å². The summed E-state index contributed by atoms with van der Waals surface area (Å²) in [7, 11) is 0. The van der Waals surface area contributed by atoms with Crippen LogP contribution < -0.4 is 5.32 Å². The monoisotopic (exact) mass is 353 g/mol. The van der Waals surface area contributed by atoms with Gasteiger partial charge in [0.25, 0.3) is 0 Å². The van der Waals surface area contributed by atoms with Crippen LogP contribution in [0.3, 0.4) is 0 Å². The van der Waals surface area contributed by atoms with Crippen molar-refractivity contribution >= 4 is 12.1 Å². The quantitative estimate of drug-likeness (QED) is 0.670. The minimum Gasteiger partial charge on any atom is -0.481 e. The Bertz CT molecular complexity index is 713. The topological polar surface area (TPSA) is 75.6 Å². The van der Waals surface area contributed by atoms with Crippen LogP contribution in [0.25, 0.3) is 0 Å². The summed E-state index contributed by atoms with van der Waals surface area (Å²) in [6.45, 7) is 0.202. The van der Waals surface area contributed by atoms with E-state index in [-0.39, 0.29) is 19.1 Å². The standard InChI is InChI=1S/C21H23NO4/c23-20(24)14-8-7-13-19(15-17-9-3-1-4-10-17)22-21(25)26-16-18-11-5-2-6-12-18/h1-7,9-13,19H,8,14-16H2,(H,22,25)(H,23,24)/b13-7-/t19-/m1/s1. The van der Waals surface area contributed by atoms with Crippen molar-refractivity contribution in [3.63, 3.8) is 0 Å². The number of hydrogen-bond donors (Lipinski definition) is 2. The van der Waals surface area contributed by atoms with Gasteiger partial charge in [0.1, 0.15) is 6.61 Å². The molecule has 1 atom stereocenters. The van der Waals surface area contributed by atoms with E-state index in [4.69, 9.17) is 9.84 Å². The number of carboxylic acid groups (broad SMARTS) is 1. The Hall–Kier alpha value is -3.08. The molecule has 0 radical (unpaired) electrons. The Kier molecular flexibility index (Phi) is 7.93. The number of nitrogens with one attached hydrogen (secondary N) is 1. The molecule has 5 nitrogen and oxygen atoms in total. The van der Waals surface area contributed by atoms with Gasteiger partial charge in [-0.25, -0.2) is 4.79 Å². The first-order chi connectivity index (χ1) is 12.6. The lowest BCUT2D eigenvalue weighted by molar-refractivity contribution is -0.136. The highest BCUT2D eigenvalue weighted by atomic mass is 16.5. The van der Waals surface area contributed by atoms with Gasteiger partial charge in [0.05, 0.1) is 6.04 Å². The summed E-state index contributed by atoms with van der Waals surface area (Å²) in [6.07, 6.45) is 4.18. The molecule has 0 unspecified atom stereocenters. The van der Waals surface area contributed by atoms with E-state index < -0.39 is 12.1 Å². The number of aliphatic carboxylic acids is 1. The first-order valence-electron chi connectivity index (χ1n) is 8.53. The zero-order valence-corrected chi connectivity index (χ0v) is 14.5. The van der Waals surface area contributed by atoms with E-state index in [1.165, 1.54) is 0 Å². The molecule has 0 heterocycles. The normalized spacial score (nSPS) is 11.8. The molecular formula is C21H23NO4. The molecule has 0 fully saturated rings. The summed E-state index contributed by atoms with van der Waals surface area (Å²) in [4.78, 5) is 22.7. The van der Waals surface area contributed by atoms with Gasteiger partial charge in [-0.3, -0.25) is 4.79 Å². The van der Waals surface area contributed by atoms with Crippen LogP contribution in [0.1, 0.15) is 24.0 Å². The third-order valence-corrected chi connectivity index (χ3v) is 3.71. The van der Waals surface area contributed by atoms with Gasteiger partial charge in [0, 0.05) is 6.42 Å². The summed E-state index contributed by atoms with van der Waals surface area (Å²) in [5, 5.41) is 11.5. The largest absolute Gasteiger partial charge is 0.481 e. The first-order valence-corrected chi connectivity index (χ1v) is 8.53. The second-order valence-electron chi connectivity index (χ2n) is 5.86. The number of hydrogen-bond acceptors (Lipinski definition) is 3. The molecule has 0 aliphatic carbocycles. The molecule has 5 heteroatoms. The van der Waals surface area contributed by atoms with Crippen LogP contribution in [0.5, 0.6) is 0 Å². The van der Waals surface area contributed by atoms with E-state index in [1.807, 2.05) is 66.7 Å². The Morgan fingerprint density at radius 1 is 1.00 bits per heavy atom. The molecule has 1 amide bonds. The molecule has 0 spiro atoms. The van der Waals surface area contributed by atoms with Crippen molar-refractivity contribution in [2.24, 2.45) is 0 Å². The molecule has 0 saturated carbocycles. The zero-order valence-electron chi connectivity index (χ0n) is 14.5. The molecule has 0 saturated heterocycles. The molecule has 0 aromatic heterocycles. The molecule has 26 heavy (non-hydrogen) atoms. The smallest absolute Gasteiger partial charge is 0.407 e. The number of alkyl carbamates (subject to hydrolysis) is 1. The highest BCUT2D eigenvalue weighted by molar-refractivity contribution is 5.68.